The van der Waals surface area contributed by atoms with Gasteiger partial charge in [-0.1, -0.05) is 30.3 Å². The first-order chi connectivity index (χ1) is 16.2. The lowest BCUT2D eigenvalue weighted by Crippen LogP contribution is -2.51. The zero-order valence-electron chi connectivity index (χ0n) is 18.7. The van der Waals surface area contributed by atoms with Crippen molar-refractivity contribution in [1.82, 2.24) is 4.90 Å². The maximum Gasteiger partial charge on any atom is 0.323 e. The number of carbonyl (C=O) groups is 2. The number of urea groups is 1. The average Bonchev–Trinajstić information content (AvgIpc) is 3.23. The van der Waals surface area contributed by atoms with E-state index in [4.69, 9.17) is 0 Å². The maximum atomic E-state index is 14.1. The van der Waals surface area contributed by atoms with Crippen LogP contribution >= 0.6 is 11.8 Å². The summed E-state index contributed by atoms with van der Waals surface area (Å²) in [4.78, 5) is 29.6. The summed E-state index contributed by atoms with van der Waals surface area (Å²) in [5.74, 6) is -0.961. The van der Waals surface area contributed by atoms with Crippen LogP contribution in [0.1, 0.15) is 25.0 Å². The lowest BCUT2D eigenvalue weighted by atomic mass is 10.1. The molecule has 3 amide bonds. The fourth-order valence-electron chi connectivity index (χ4n) is 4.61. The van der Waals surface area contributed by atoms with Crippen molar-refractivity contribution >= 4 is 35.1 Å². The van der Waals surface area contributed by atoms with Crippen molar-refractivity contribution in [3.8, 4) is 0 Å². The van der Waals surface area contributed by atoms with Crippen LogP contribution in [0.5, 0.6) is 0 Å². The zero-order valence-corrected chi connectivity index (χ0v) is 19.5. The molecule has 0 bridgehead atoms. The number of benzene rings is 3. The number of para-hydroxylation sites is 1. The van der Waals surface area contributed by atoms with Crippen molar-refractivity contribution in [3.05, 3.63) is 95.6 Å². The van der Waals surface area contributed by atoms with Crippen molar-refractivity contribution < 1.29 is 18.4 Å². The standard InChI is InChI=1S/C26H23F2N3O2S/c1-25(2)16-31(24(33)29-20-13-11-19(28)12-14-20)26(34-25)21-5-3-4-6-22(21)30(23(26)32)15-17-7-9-18(27)10-8-17/h3-14H,15-16H2,1-2H3,(H,29,33)/t26-/m1/s1. The fraction of sp³-hybridized carbons (Fsp3) is 0.231. The van der Waals surface area contributed by atoms with Crippen molar-refractivity contribution in [1.29, 1.82) is 0 Å². The summed E-state index contributed by atoms with van der Waals surface area (Å²) >= 11 is 1.45. The predicted molar refractivity (Wildman–Crippen MR) is 130 cm³/mol. The smallest absolute Gasteiger partial charge is 0.308 e. The molecule has 0 aliphatic carbocycles. The van der Waals surface area contributed by atoms with Crippen molar-refractivity contribution in [2.24, 2.45) is 0 Å². The number of anilines is 2. The zero-order chi connectivity index (χ0) is 24.1. The molecule has 0 unspecified atom stereocenters. The first-order valence-corrected chi connectivity index (χ1v) is 11.7. The Morgan fingerprint density at radius 2 is 1.59 bits per heavy atom. The average molecular weight is 480 g/mol. The molecule has 0 saturated carbocycles. The minimum absolute atomic E-state index is 0.220. The van der Waals surface area contributed by atoms with E-state index in [9.17, 15) is 18.4 Å². The number of rotatable bonds is 3. The van der Waals surface area contributed by atoms with Gasteiger partial charge in [0.15, 0.2) is 4.87 Å². The van der Waals surface area contributed by atoms with Gasteiger partial charge >= 0.3 is 6.03 Å². The molecule has 2 heterocycles. The van der Waals surface area contributed by atoms with E-state index in [1.165, 1.54) is 48.2 Å². The second kappa shape index (κ2) is 8.13. The number of hydrogen-bond acceptors (Lipinski definition) is 3. The summed E-state index contributed by atoms with van der Waals surface area (Å²) in [6, 6.07) is 18.6. The van der Waals surface area contributed by atoms with Crippen molar-refractivity contribution in [2.45, 2.75) is 30.0 Å². The highest BCUT2D eigenvalue weighted by Gasteiger charge is 2.63. The van der Waals surface area contributed by atoms with Gasteiger partial charge in [-0.15, -0.1) is 11.8 Å². The number of halogens is 2. The van der Waals surface area contributed by atoms with E-state index in [2.05, 4.69) is 5.32 Å². The van der Waals surface area contributed by atoms with Gasteiger partial charge in [0.2, 0.25) is 0 Å². The van der Waals surface area contributed by atoms with Crippen LogP contribution in [0.3, 0.4) is 0 Å². The predicted octanol–water partition coefficient (Wildman–Crippen LogP) is 5.72. The van der Waals surface area contributed by atoms with Crippen LogP contribution in [-0.2, 0) is 16.2 Å². The van der Waals surface area contributed by atoms with Gasteiger partial charge in [0.05, 0.1) is 12.2 Å². The highest BCUT2D eigenvalue weighted by atomic mass is 32.2. The monoisotopic (exact) mass is 479 g/mol. The third-order valence-corrected chi connectivity index (χ3v) is 7.62. The molecule has 3 aromatic rings. The maximum absolute atomic E-state index is 14.1. The number of nitrogens with zero attached hydrogens (tertiary/aromatic N) is 2. The fourth-order valence-corrected chi connectivity index (χ4v) is 6.34. The molecule has 0 radical (unpaired) electrons. The molecule has 5 rings (SSSR count). The Morgan fingerprint density at radius 3 is 2.26 bits per heavy atom. The molecule has 1 spiro atoms. The van der Waals surface area contributed by atoms with Crippen molar-refractivity contribution in [2.75, 3.05) is 16.8 Å². The Bertz CT molecular complexity index is 1260. The molecule has 0 aromatic heterocycles. The number of fused-ring (bicyclic) bond motifs is 2. The normalized spacial score (nSPS) is 20.6. The summed E-state index contributed by atoms with van der Waals surface area (Å²) < 4.78 is 26.4. The lowest BCUT2D eigenvalue weighted by Gasteiger charge is -2.33. The Labute approximate surface area is 200 Å². The van der Waals surface area contributed by atoms with Crippen LogP contribution in [0.2, 0.25) is 0 Å². The number of thioether (sulfide) groups is 1. The molecule has 2 aliphatic heterocycles. The van der Waals surface area contributed by atoms with Gasteiger partial charge in [0, 0.05) is 22.5 Å². The topological polar surface area (TPSA) is 52.7 Å². The number of carbonyl (C=O) groups excluding carboxylic acids is 2. The number of amides is 3. The molecule has 2 aliphatic rings. The van der Waals surface area contributed by atoms with E-state index in [1.807, 2.05) is 38.1 Å². The number of hydrogen-bond donors (Lipinski definition) is 1. The second-order valence-electron chi connectivity index (χ2n) is 9.06. The molecular formula is C26H23F2N3O2S. The highest BCUT2D eigenvalue weighted by molar-refractivity contribution is 8.02. The summed E-state index contributed by atoms with van der Waals surface area (Å²) in [7, 11) is 0. The molecule has 3 aromatic carbocycles. The van der Waals surface area contributed by atoms with Crippen LogP contribution in [0.15, 0.2) is 72.8 Å². The first-order valence-electron chi connectivity index (χ1n) is 10.9. The molecule has 1 fully saturated rings. The van der Waals surface area contributed by atoms with Gasteiger partial charge < -0.3 is 10.2 Å². The minimum atomic E-state index is -1.25. The van der Waals surface area contributed by atoms with Crippen LogP contribution < -0.4 is 10.2 Å². The van der Waals surface area contributed by atoms with E-state index < -0.39 is 21.5 Å². The van der Waals surface area contributed by atoms with Gasteiger partial charge in [0.1, 0.15) is 11.6 Å². The molecule has 1 atom stereocenters. The van der Waals surface area contributed by atoms with Crippen LogP contribution in [0.25, 0.3) is 0 Å². The van der Waals surface area contributed by atoms with E-state index in [1.54, 1.807) is 21.9 Å². The Balaban J connectivity index is 1.55. The molecule has 174 valence electrons. The van der Waals surface area contributed by atoms with Gasteiger partial charge in [-0.3, -0.25) is 9.69 Å². The molecule has 1 N–H and O–H groups in total. The Kier molecular flexibility index (Phi) is 5.36. The van der Waals surface area contributed by atoms with Crippen LogP contribution in [0, 0.1) is 11.6 Å². The second-order valence-corrected chi connectivity index (χ2v) is 11.0. The first kappa shape index (κ1) is 22.4. The SMILES string of the molecule is CC1(C)CN(C(=O)Nc2ccc(F)cc2)[C@]2(S1)C(=O)N(Cc1ccc(F)cc1)c1ccccc12. The van der Waals surface area contributed by atoms with Crippen molar-refractivity contribution in [3.63, 3.8) is 0 Å². The molecule has 1 saturated heterocycles. The van der Waals surface area contributed by atoms with Gasteiger partial charge in [-0.2, -0.15) is 0 Å². The van der Waals surface area contributed by atoms with E-state index in [-0.39, 0.29) is 18.3 Å². The molecular weight excluding hydrogens is 456 g/mol. The van der Waals surface area contributed by atoms with Gasteiger partial charge in [-0.05, 0) is 61.9 Å². The number of nitrogens with one attached hydrogen (secondary N) is 1. The van der Waals surface area contributed by atoms with E-state index in [0.717, 1.165) is 16.8 Å². The third kappa shape index (κ3) is 3.72. The van der Waals surface area contributed by atoms with Gasteiger partial charge in [-0.25, -0.2) is 13.6 Å². The Hall–Kier alpha value is -3.39. The summed E-state index contributed by atoms with van der Waals surface area (Å²) in [6.45, 7) is 4.60. The highest BCUT2D eigenvalue weighted by Crippen LogP contribution is 2.59. The quantitative estimate of drug-likeness (QED) is 0.523. The lowest BCUT2D eigenvalue weighted by molar-refractivity contribution is -0.123. The summed E-state index contributed by atoms with van der Waals surface area (Å²) in [5.41, 5.74) is 2.69. The third-order valence-electron chi connectivity index (χ3n) is 6.03. The largest absolute Gasteiger partial charge is 0.323 e. The summed E-state index contributed by atoms with van der Waals surface area (Å²) in [6.07, 6.45) is 0. The minimum Gasteiger partial charge on any atom is -0.308 e. The van der Waals surface area contributed by atoms with E-state index >= 15 is 0 Å². The van der Waals surface area contributed by atoms with Crippen LogP contribution in [0.4, 0.5) is 25.0 Å². The molecule has 5 nitrogen and oxygen atoms in total. The van der Waals surface area contributed by atoms with Crippen LogP contribution in [-0.4, -0.2) is 28.1 Å². The van der Waals surface area contributed by atoms with Gasteiger partial charge in [0.25, 0.3) is 5.91 Å². The van der Waals surface area contributed by atoms with E-state index in [0.29, 0.717) is 12.2 Å². The Morgan fingerprint density at radius 1 is 0.971 bits per heavy atom. The molecule has 34 heavy (non-hydrogen) atoms. The molecule has 8 heteroatoms. The summed E-state index contributed by atoms with van der Waals surface area (Å²) in [5, 5.41) is 2.82.